The molecule has 0 atom stereocenters. The largest absolute Gasteiger partial charge is 0.465 e. The first kappa shape index (κ1) is 13.7. The summed E-state index contributed by atoms with van der Waals surface area (Å²) in [5.74, 6) is -0.992. The molecule has 1 aromatic rings. The van der Waals surface area contributed by atoms with E-state index in [0.717, 1.165) is 0 Å². The zero-order chi connectivity index (χ0) is 13.7. The molecule has 1 rings (SSSR count). The third kappa shape index (κ3) is 2.48. The van der Waals surface area contributed by atoms with Crippen molar-refractivity contribution in [3.8, 4) is 0 Å². The van der Waals surface area contributed by atoms with Crippen LogP contribution in [0.15, 0.2) is 25.3 Å². The van der Waals surface area contributed by atoms with Crippen molar-refractivity contribution in [2.45, 2.75) is 0 Å². The fourth-order valence-corrected chi connectivity index (χ4v) is 1.54. The number of rotatable bonds is 4. The van der Waals surface area contributed by atoms with Crippen molar-refractivity contribution in [1.29, 1.82) is 0 Å². The van der Waals surface area contributed by atoms with Gasteiger partial charge in [0.05, 0.1) is 25.3 Å². The van der Waals surface area contributed by atoms with Crippen molar-refractivity contribution in [2.24, 2.45) is 0 Å². The monoisotopic (exact) mass is 246 g/mol. The van der Waals surface area contributed by atoms with Crippen LogP contribution in [0.3, 0.4) is 0 Å². The van der Waals surface area contributed by atoms with Gasteiger partial charge in [-0.1, -0.05) is 25.3 Å². The Morgan fingerprint density at radius 3 is 1.50 bits per heavy atom. The van der Waals surface area contributed by atoms with Crippen LogP contribution in [0, 0.1) is 0 Å². The van der Waals surface area contributed by atoms with E-state index < -0.39 is 11.9 Å². The number of carbonyl (C=O) groups excluding carboxylic acids is 2. The third-order valence-electron chi connectivity index (χ3n) is 2.47. The lowest BCUT2D eigenvalue weighted by Gasteiger charge is -2.10. The summed E-state index contributed by atoms with van der Waals surface area (Å²) in [6.45, 7) is 7.21. The summed E-state index contributed by atoms with van der Waals surface area (Å²) in [7, 11) is 2.58. The fraction of sp³-hybridized carbons (Fsp3) is 0.143. The van der Waals surface area contributed by atoms with Crippen LogP contribution < -0.4 is 0 Å². The average Bonchev–Trinajstić information content (AvgIpc) is 2.43. The molecule has 0 aromatic heterocycles. The fourth-order valence-electron chi connectivity index (χ4n) is 1.54. The highest BCUT2D eigenvalue weighted by molar-refractivity contribution is 5.99. The zero-order valence-electron chi connectivity index (χ0n) is 10.4. The van der Waals surface area contributed by atoms with Gasteiger partial charge in [-0.15, -0.1) is 0 Å². The average molecular weight is 246 g/mol. The van der Waals surface area contributed by atoms with E-state index in [1.54, 1.807) is 0 Å². The van der Waals surface area contributed by atoms with Crippen molar-refractivity contribution >= 4 is 24.1 Å². The van der Waals surface area contributed by atoms with Gasteiger partial charge in [-0.2, -0.15) is 0 Å². The van der Waals surface area contributed by atoms with Crippen LogP contribution >= 0.6 is 0 Å². The number of hydrogen-bond acceptors (Lipinski definition) is 4. The van der Waals surface area contributed by atoms with Crippen LogP contribution in [-0.2, 0) is 9.47 Å². The minimum Gasteiger partial charge on any atom is -0.465 e. The smallest absolute Gasteiger partial charge is 0.338 e. The van der Waals surface area contributed by atoms with Gasteiger partial charge in [0, 0.05) is 0 Å². The standard InChI is InChI=1S/C14H14O4/c1-5-9-7-12(14(16)18-4)10(6-2)8-11(9)13(15)17-3/h5-8H,1-2H2,3-4H3. The molecule has 94 valence electrons. The van der Waals surface area contributed by atoms with E-state index in [4.69, 9.17) is 0 Å². The maximum Gasteiger partial charge on any atom is 0.338 e. The van der Waals surface area contributed by atoms with Gasteiger partial charge in [0.15, 0.2) is 0 Å². The lowest BCUT2D eigenvalue weighted by molar-refractivity contribution is 0.0586. The highest BCUT2D eigenvalue weighted by Gasteiger charge is 2.17. The topological polar surface area (TPSA) is 52.6 Å². The minimum absolute atomic E-state index is 0.329. The molecule has 18 heavy (non-hydrogen) atoms. The first-order chi connectivity index (χ1) is 8.58. The molecule has 1 aromatic carbocycles. The number of methoxy groups -OCH3 is 2. The lowest BCUT2D eigenvalue weighted by Crippen LogP contribution is -2.09. The quantitative estimate of drug-likeness (QED) is 0.766. The Hall–Kier alpha value is -2.36. The van der Waals surface area contributed by atoms with Crippen LogP contribution in [0.4, 0.5) is 0 Å². The van der Waals surface area contributed by atoms with Crippen LogP contribution in [-0.4, -0.2) is 26.2 Å². The summed E-state index contributed by atoms with van der Waals surface area (Å²) in [5, 5.41) is 0. The second-order valence-electron chi connectivity index (χ2n) is 3.42. The number of carbonyl (C=O) groups is 2. The molecule has 0 fully saturated rings. The number of benzene rings is 1. The van der Waals surface area contributed by atoms with Crippen LogP contribution in [0.5, 0.6) is 0 Å². The molecule has 4 nitrogen and oxygen atoms in total. The van der Waals surface area contributed by atoms with Crippen LogP contribution in [0.25, 0.3) is 12.2 Å². The summed E-state index contributed by atoms with van der Waals surface area (Å²) in [5.41, 5.74) is 1.67. The van der Waals surface area contributed by atoms with E-state index in [1.165, 1.54) is 38.5 Å². The molecule has 0 heterocycles. The van der Waals surface area contributed by atoms with Gasteiger partial charge in [0.25, 0.3) is 0 Å². The zero-order valence-corrected chi connectivity index (χ0v) is 10.4. The molecule has 0 aliphatic heterocycles. The Labute approximate surface area is 106 Å². The number of hydrogen-bond donors (Lipinski definition) is 0. The van der Waals surface area contributed by atoms with E-state index in [1.807, 2.05) is 0 Å². The van der Waals surface area contributed by atoms with Crippen LogP contribution in [0.2, 0.25) is 0 Å². The van der Waals surface area contributed by atoms with Gasteiger partial charge in [0.2, 0.25) is 0 Å². The highest BCUT2D eigenvalue weighted by atomic mass is 16.5. The van der Waals surface area contributed by atoms with Gasteiger partial charge in [-0.3, -0.25) is 0 Å². The summed E-state index contributed by atoms with van der Waals surface area (Å²) in [6, 6.07) is 3.06. The molecule has 0 spiro atoms. The second kappa shape index (κ2) is 5.82. The van der Waals surface area contributed by atoms with Gasteiger partial charge >= 0.3 is 11.9 Å². The SMILES string of the molecule is C=Cc1cc(C(=O)OC)c(C=C)cc1C(=O)OC. The van der Waals surface area contributed by atoms with E-state index in [-0.39, 0.29) is 0 Å². The molecular weight excluding hydrogens is 232 g/mol. The minimum atomic E-state index is -0.496. The summed E-state index contributed by atoms with van der Waals surface area (Å²) < 4.78 is 9.34. The molecule has 0 amide bonds. The predicted molar refractivity (Wildman–Crippen MR) is 69.3 cm³/mol. The Balaban J connectivity index is 3.51. The van der Waals surface area contributed by atoms with Crippen molar-refractivity contribution in [3.05, 3.63) is 47.5 Å². The van der Waals surface area contributed by atoms with Gasteiger partial charge in [-0.25, -0.2) is 9.59 Å². The normalized spacial score (nSPS) is 9.44. The molecule has 0 aliphatic carbocycles. The van der Waals surface area contributed by atoms with Crippen LogP contribution in [0.1, 0.15) is 31.8 Å². The van der Waals surface area contributed by atoms with E-state index in [0.29, 0.717) is 22.3 Å². The van der Waals surface area contributed by atoms with Gasteiger partial charge in [-0.05, 0) is 23.3 Å². The van der Waals surface area contributed by atoms with E-state index >= 15 is 0 Å². The Bertz CT molecular complexity index is 467. The molecule has 0 radical (unpaired) electrons. The molecule has 0 bridgehead atoms. The second-order valence-corrected chi connectivity index (χ2v) is 3.42. The summed E-state index contributed by atoms with van der Waals surface area (Å²) in [4.78, 5) is 23.2. The van der Waals surface area contributed by atoms with E-state index in [9.17, 15) is 9.59 Å². The summed E-state index contributed by atoms with van der Waals surface area (Å²) in [6.07, 6.45) is 2.96. The molecule has 4 heteroatoms. The molecule has 0 saturated heterocycles. The van der Waals surface area contributed by atoms with Crippen molar-refractivity contribution in [2.75, 3.05) is 14.2 Å². The molecule has 0 N–H and O–H groups in total. The van der Waals surface area contributed by atoms with Gasteiger partial charge < -0.3 is 9.47 Å². The van der Waals surface area contributed by atoms with Crippen molar-refractivity contribution < 1.29 is 19.1 Å². The maximum absolute atomic E-state index is 11.6. The first-order valence-electron chi connectivity index (χ1n) is 5.18. The van der Waals surface area contributed by atoms with Crippen molar-refractivity contribution in [1.82, 2.24) is 0 Å². The van der Waals surface area contributed by atoms with Gasteiger partial charge in [0.1, 0.15) is 0 Å². The van der Waals surface area contributed by atoms with Crippen molar-refractivity contribution in [3.63, 3.8) is 0 Å². The highest BCUT2D eigenvalue weighted by Crippen LogP contribution is 2.21. The third-order valence-corrected chi connectivity index (χ3v) is 2.47. The number of esters is 2. The maximum atomic E-state index is 11.6. The molecule has 0 unspecified atom stereocenters. The Morgan fingerprint density at radius 1 is 0.944 bits per heavy atom. The van der Waals surface area contributed by atoms with E-state index in [2.05, 4.69) is 22.6 Å². The molecular formula is C14H14O4. The first-order valence-corrected chi connectivity index (χ1v) is 5.18. The molecule has 0 saturated carbocycles. The predicted octanol–water partition coefficient (Wildman–Crippen LogP) is 2.55. The molecule has 0 aliphatic rings. The summed E-state index contributed by atoms with van der Waals surface area (Å²) >= 11 is 0. The lowest BCUT2D eigenvalue weighted by atomic mass is 9.98. The number of ether oxygens (including phenoxy) is 2. The Morgan fingerprint density at radius 2 is 1.28 bits per heavy atom. The Kier molecular flexibility index (Phi) is 4.43.